The molecule has 0 aliphatic heterocycles. The number of hydrogen-bond donors (Lipinski definition) is 1. The zero-order valence-electron chi connectivity index (χ0n) is 10.4. The minimum Gasteiger partial charge on any atom is -0.353 e. The van der Waals surface area contributed by atoms with Crippen molar-refractivity contribution in [1.29, 1.82) is 0 Å². The highest BCUT2D eigenvalue weighted by molar-refractivity contribution is 6.37. The highest BCUT2D eigenvalue weighted by Gasteiger charge is 2.02. The van der Waals surface area contributed by atoms with Gasteiger partial charge in [-0.15, -0.1) is 0 Å². The molecule has 0 aliphatic rings. The molecule has 1 rings (SSSR count). The lowest BCUT2D eigenvalue weighted by Crippen LogP contribution is -2.21. The standard InChI is InChI=1S/C14H17Cl2NO/c1-2-3-4-10-17-14(18)9-8-11-12(15)6-5-7-13(11)16/h5-9H,2-4,10H2,1H3,(H,17,18)/b9-8+. The predicted octanol–water partition coefficient (Wildman–Crippen LogP) is 4.31. The van der Waals surface area contributed by atoms with Gasteiger partial charge in [0.1, 0.15) is 0 Å². The molecule has 1 amide bonds. The summed E-state index contributed by atoms with van der Waals surface area (Å²) in [6.45, 7) is 2.83. The molecule has 1 aromatic carbocycles. The van der Waals surface area contributed by atoms with E-state index in [9.17, 15) is 4.79 Å². The number of benzene rings is 1. The molecule has 0 aliphatic carbocycles. The normalized spacial score (nSPS) is 10.8. The molecule has 18 heavy (non-hydrogen) atoms. The Hall–Kier alpha value is -0.990. The van der Waals surface area contributed by atoms with E-state index >= 15 is 0 Å². The van der Waals surface area contributed by atoms with Crippen LogP contribution in [0, 0.1) is 0 Å². The fourth-order valence-corrected chi connectivity index (χ4v) is 2.00. The summed E-state index contributed by atoms with van der Waals surface area (Å²) in [6.07, 6.45) is 6.36. The zero-order valence-corrected chi connectivity index (χ0v) is 11.9. The third-order valence-corrected chi connectivity index (χ3v) is 3.14. The van der Waals surface area contributed by atoms with Crippen LogP contribution in [-0.4, -0.2) is 12.5 Å². The molecule has 0 aromatic heterocycles. The minimum absolute atomic E-state index is 0.123. The molecule has 0 unspecified atom stereocenters. The molecule has 0 saturated carbocycles. The van der Waals surface area contributed by atoms with Crippen molar-refractivity contribution in [2.45, 2.75) is 26.2 Å². The van der Waals surface area contributed by atoms with Crippen molar-refractivity contribution in [2.24, 2.45) is 0 Å². The Kier molecular flexibility index (Phi) is 6.84. The molecule has 4 heteroatoms. The van der Waals surface area contributed by atoms with Crippen molar-refractivity contribution in [3.8, 4) is 0 Å². The van der Waals surface area contributed by atoms with E-state index in [1.165, 1.54) is 6.08 Å². The summed E-state index contributed by atoms with van der Waals surface area (Å²) >= 11 is 12.0. The molecule has 2 nitrogen and oxygen atoms in total. The van der Waals surface area contributed by atoms with E-state index in [2.05, 4.69) is 12.2 Å². The number of nitrogens with one attached hydrogen (secondary N) is 1. The van der Waals surface area contributed by atoms with Crippen molar-refractivity contribution >= 4 is 35.2 Å². The second kappa shape index (κ2) is 8.17. The number of halogens is 2. The Labute approximate surface area is 118 Å². The van der Waals surface area contributed by atoms with E-state index in [0.717, 1.165) is 19.3 Å². The van der Waals surface area contributed by atoms with Crippen LogP contribution in [0.25, 0.3) is 6.08 Å². The second-order valence-corrected chi connectivity index (χ2v) is 4.78. The van der Waals surface area contributed by atoms with Gasteiger partial charge in [-0.25, -0.2) is 0 Å². The molecule has 0 atom stereocenters. The number of carbonyl (C=O) groups is 1. The van der Waals surface area contributed by atoms with Crippen LogP contribution >= 0.6 is 23.2 Å². The lowest BCUT2D eigenvalue weighted by Gasteiger charge is -2.02. The zero-order chi connectivity index (χ0) is 13.4. The SMILES string of the molecule is CCCCCNC(=O)/C=C/c1c(Cl)cccc1Cl. The summed E-state index contributed by atoms with van der Waals surface area (Å²) < 4.78 is 0. The van der Waals surface area contributed by atoms with Crippen LogP contribution in [0.2, 0.25) is 10.0 Å². The van der Waals surface area contributed by atoms with Crippen LogP contribution in [0.1, 0.15) is 31.7 Å². The van der Waals surface area contributed by atoms with Gasteiger partial charge >= 0.3 is 0 Å². The van der Waals surface area contributed by atoms with E-state index < -0.39 is 0 Å². The Bertz CT molecular complexity index is 410. The Morgan fingerprint density at radius 2 is 1.94 bits per heavy atom. The number of carbonyl (C=O) groups excluding carboxylic acids is 1. The van der Waals surface area contributed by atoms with Gasteiger partial charge in [0.05, 0.1) is 0 Å². The van der Waals surface area contributed by atoms with Gasteiger partial charge in [-0.3, -0.25) is 4.79 Å². The molecule has 1 aromatic rings. The first-order valence-corrected chi connectivity index (χ1v) is 6.80. The molecule has 0 saturated heterocycles. The molecule has 0 fully saturated rings. The van der Waals surface area contributed by atoms with Crippen molar-refractivity contribution < 1.29 is 4.79 Å². The first-order chi connectivity index (χ1) is 8.65. The van der Waals surface area contributed by atoms with Gasteiger partial charge in [0.2, 0.25) is 5.91 Å². The average Bonchev–Trinajstić information content (AvgIpc) is 2.34. The first kappa shape index (κ1) is 15.1. The van der Waals surface area contributed by atoms with Crippen LogP contribution in [0.3, 0.4) is 0 Å². The van der Waals surface area contributed by atoms with Gasteiger partial charge in [-0.2, -0.15) is 0 Å². The summed E-state index contributed by atoms with van der Waals surface area (Å²) in [4.78, 5) is 11.5. The highest BCUT2D eigenvalue weighted by Crippen LogP contribution is 2.25. The molecule has 1 N–H and O–H groups in total. The maximum absolute atomic E-state index is 11.5. The van der Waals surface area contributed by atoms with Gasteiger partial charge < -0.3 is 5.32 Å². The summed E-state index contributed by atoms with van der Waals surface area (Å²) in [5.74, 6) is -0.123. The third-order valence-electron chi connectivity index (χ3n) is 2.48. The van der Waals surface area contributed by atoms with Crippen LogP contribution < -0.4 is 5.32 Å². The molecule has 0 spiro atoms. The maximum atomic E-state index is 11.5. The monoisotopic (exact) mass is 285 g/mol. The summed E-state index contributed by atoms with van der Waals surface area (Å²) in [5, 5.41) is 3.89. The Balaban J connectivity index is 2.51. The number of unbranched alkanes of at least 4 members (excludes halogenated alkanes) is 2. The summed E-state index contributed by atoms with van der Waals surface area (Å²) in [7, 11) is 0. The molecule has 0 heterocycles. The van der Waals surface area contributed by atoms with Gasteiger partial charge in [-0.1, -0.05) is 49.0 Å². The van der Waals surface area contributed by atoms with Crippen molar-refractivity contribution in [3.63, 3.8) is 0 Å². The largest absolute Gasteiger partial charge is 0.353 e. The van der Waals surface area contributed by atoms with Gasteiger partial charge in [0, 0.05) is 28.2 Å². The van der Waals surface area contributed by atoms with Gasteiger partial charge in [0.15, 0.2) is 0 Å². The fraction of sp³-hybridized carbons (Fsp3) is 0.357. The van der Waals surface area contributed by atoms with E-state index in [4.69, 9.17) is 23.2 Å². The lowest BCUT2D eigenvalue weighted by atomic mass is 10.2. The van der Waals surface area contributed by atoms with Crippen LogP contribution in [-0.2, 0) is 4.79 Å². The van der Waals surface area contributed by atoms with Gasteiger partial charge in [0.25, 0.3) is 0 Å². The topological polar surface area (TPSA) is 29.1 Å². The summed E-state index contributed by atoms with van der Waals surface area (Å²) in [6, 6.07) is 5.26. The van der Waals surface area contributed by atoms with E-state index in [0.29, 0.717) is 22.2 Å². The number of rotatable bonds is 6. The number of hydrogen-bond acceptors (Lipinski definition) is 1. The lowest BCUT2D eigenvalue weighted by molar-refractivity contribution is -0.116. The van der Waals surface area contributed by atoms with E-state index in [1.807, 2.05) is 0 Å². The van der Waals surface area contributed by atoms with Crippen LogP contribution in [0.4, 0.5) is 0 Å². The maximum Gasteiger partial charge on any atom is 0.244 e. The molecule has 0 bridgehead atoms. The smallest absolute Gasteiger partial charge is 0.244 e. The first-order valence-electron chi connectivity index (χ1n) is 6.05. The second-order valence-electron chi connectivity index (χ2n) is 3.97. The Morgan fingerprint density at radius 3 is 2.56 bits per heavy atom. The average molecular weight is 286 g/mol. The molecular weight excluding hydrogens is 269 g/mol. The van der Waals surface area contributed by atoms with Crippen molar-refractivity contribution in [2.75, 3.05) is 6.54 Å². The summed E-state index contributed by atoms with van der Waals surface area (Å²) in [5.41, 5.74) is 0.671. The predicted molar refractivity (Wildman–Crippen MR) is 78.0 cm³/mol. The van der Waals surface area contributed by atoms with Crippen LogP contribution in [0.15, 0.2) is 24.3 Å². The fourth-order valence-electron chi connectivity index (χ4n) is 1.47. The van der Waals surface area contributed by atoms with Crippen molar-refractivity contribution in [1.82, 2.24) is 5.32 Å². The number of amides is 1. The Morgan fingerprint density at radius 1 is 1.28 bits per heavy atom. The third kappa shape index (κ3) is 5.11. The molecular formula is C14H17Cl2NO. The highest BCUT2D eigenvalue weighted by atomic mass is 35.5. The molecule has 98 valence electrons. The quantitative estimate of drug-likeness (QED) is 0.612. The van der Waals surface area contributed by atoms with Crippen molar-refractivity contribution in [3.05, 3.63) is 39.9 Å². The van der Waals surface area contributed by atoms with Gasteiger partial charge in [-0.05, 0) is 24.6 Å². The minimum atomic E-state index is -0.123. The van der Waals surface area contributed by atoms with E-state index in [1.54, 1.807) is 24.3 Å². The molecule has 0 radical (unpaired) electrons. The van der Waals surface area contributed by atoms with Crippen LogP contribution in [0.5, 0.6) is 0 Å². The van der Waals surface area contributed by atoms with E-state index in [-0.39, 0.29) is 5.91 Å².